The van der Waals surface area contributed by atoms with Crippen molar-refractivity contribution >= 4 is 17.7 Å². The van der Waals surface area contributed by atoms with Crippen molar-refractivity contribution < 1.29 is 23.8 Å². The molecule has 204 valence electrons. The predicted molar refractivity (Wildman–Crippen MR) is 154 cm³/mol. The molecule has 3 aromatic carbocycles. The van der Waals surface area contributed by atoms with Crippen molar-refractivity contribution in [3.8, 4) is 22.6 Å². The van der Waals surface area contributed by atoms with Gasteiger partial charge in [0, 0.05) is 30.4 Å². The second-order valence-corrected chi connectivity index (χ2v) is 10.8. The summed E-state index contributed by atoms with van der Waals surface area (Å²) in [6.07, 6.45) is 4.63. The molecular weight excluding hydrogens is 488 g/mol. The lowest BCUT2D eigenvalue weighted by molar-refractivity contribution is -0.929. The molecule has 6 heteroatoms. The van der Waals surface area contributed by atoms with Crippen molar-refractivity contribution in [3.05, 3.63) is 83.4 Å². The minimum absolute atomic E-state index is 0.219. The summed E-state index contributed by atoms with van der Waals surface area (Å²) in [5.41, 5.74) is 5.60. The molecule has 0 amide bonds. The van der Waals surface area contributed by atoms with Crippen LogP contribution in [0.15, 0.2) is 77.3 Å². The van der Waals surface area contributed by atoms with Crippen LogP contribution in [0.3, 0.4) is 0 Å². The number of quaternary nitrogens is 1. The van der Waals surface area contributed by atoms with E-state index in [0.717, 1.165) is 65.3 Å². The predicted octanol–water partition coefficient (Wildman–Crippen LogP) is 5.76. The first-order chi connectivity index (χ1) is 18.9. The molecule has 0 N–H and O–H groups in total. The Balaban J connectivity index is 1.31. The number of rotatable bonds is 8. The standard InChI is InChI=1S/C33H38N2O4/c1-4-38-31-12-7-25(8-13-31)26-9-14-32-28(21-26)22-27(15-20-39-32)33(36)34-29-10-5-24(6-11-29)23-35(2,3)30-16-18-37-19-17-30/h5-14,21-22,30H,4,15-20,23H2,1-3H3. The Morgan fingerprint density at radius 1 is 0.949 bits per heavy atom. The summed E-state index contributed by atoms with van der Waals surface area (Å²) in [5, 5.41) is 13.2. The molecule has 2 aliphatic rings. The van der Waals surface area contributed by atoms with Crippen LogP contribution < -0.4 is 14.6 Å². The Labute approximate surface area is 231 Å². The third-order valence-corrected chi connectivity index (χ3v) is 7.68. The molecule has 0 aromatic heterocycles. The molecule has 0 bridgehead atoms. The molecule has 0 unspecified atom stereocenters. The van der Waals surface area contributed by atoms with Gasteiger partial charge in [-0.2, -0.15) is 0 Å². The van der Waals surface area contributed by atoms with E-state index in [1.54, 1.807) is 0 Å². The number of hydrogen-bond acceptors (Lipinski definition) is 5. The number of benzene rings is 3. The molecule has 3 aromatic rings. The van der Waals surface area contributed by atoms with Crippen LogP contribution in [0.5, 0.6) is 11.5 Å². The fraction of sp³-hybridized carbons (Fsp3) is 0.364. The Kier molecular flexibility index (Phi) is 8.34. The zero-order chi connectivity index (χ0) is 27.2. The quantitative estimate of drug-likeness (QED) is 0.213. The van der Waals surface area contributed by atoms with Crippen LogP contribution in [0.2, 0.25) is 0 Å². The maximum absolute atomic E-state index is 13.2. The highest BCUT2D eigenvalue weighted by Gasteiger charge is 2.30. The maximum Gasteiger partial charge on any atom is 0.126 e. The first-order valence-corrected chi connectivity index (χ1v) is 13.9. The van der Waals surface area contributed by atoms with E-state index in [9.17, 15) is 5.11 Å². The molecule has 5 rings (SSSR count). The van der Waals surface area contributed by atoms with Crippen molar-refractivity contribution in [1.82, 2.24) is 0 Å². The lowest BCUT2D eigenvalue weighted by Crippen LogP contribution is -2.50. The third kappa shape index (κ3) is 6.70. The zero-order valence-corrected chi connectivity index (χ0v) is 23.2. The molecule has 1 saturated heterocycles. The van der Waals surface area contributed by atoms with Gasteiger partial charge in [-0.15, -0.1) is 0 Å². The Hall–Kier alpha value is -3.61. The Morgan fingerprint density at radius 2 is 1.67 bits per heavy atom. The summed E-state index contributed by atoms with van der Waals surface area (Å²) in [6, 6.07) is 22.8. The van der Waals surface area contributed by atoms with E-state index in [1.165, 1.54) is 5.56 Å². The van der Waals surface area contributed by atoms with Crippen LogP contribution in [0.1, 0.15) is 37.3 Å². The second kappa shape index (κ2) is 12.1. The fourth-order valence-electron chi connectivity index (χ4n) is 5.43. The normalized spacial score (nSPS) is 16.6. The number of hydrogen-bond donors (Lipinski definition) is 0. The van der Waals surface area contributed by atoms with Gasteiger partial charge in [0.25, 0.3) is 0 Å². The monoisotopic (exact) mass is 526 g/mol. The minimum atomic E-state index is -0.219. The van der Waals surface area contributed by atoms with Gasteiger partial charge in [0.1, 0.15) is 18.0 Å². The van der Waals surface area contributed by atoms with Gasteiger partial charge in [-0.3, -0.25) is 4.99 Å². The number of nitrogens with zero attached hydrogens (tertiary/aromatic N) is 2. The maximum atomic E-state index is 13.2. The molecule has 0 atom stereocenters. The smallest absolute Gasteiger partial charge is 0.126 e. The molecule has 0 radical (unpaired) electrons. The minimum Gasteiger partial charge on any atom is -0.858 e. The molecule has 0 aliphatic carbocycles. The van der Waals surface area contributed by atoms with Gasteiger partial charge in [0.15, 0.2) is 0 Å². The van der Waals surface area contributed by atoms with Crippen LogP contribution in [-0.4, -0.2) is 56.9 Å². The molecule has 6 nitrogen and oxygen atoms in total. The first-order valence-electron chi connectivity index (χ1n) is 13.9. The van der Waals surface area contributed by atoms with Crippen molar-refractivity contribution in [2.45, 2.75) is 38.8 Å². The zero-order valence-electron chi connectivity index (χ0n) is 23.2. The van der Waals surface area contributed by atoms with Gasteiger partial charge in [-0.1, -0.05) is 30.3 Å². The molecule has 2 aliphatic heterocycles. The summed E-state index contributed by atoms with van der Waals surface area (Å²) in [7, 11) is 4.58. The number of ether oxygens (including phenoxy) is 3. The van der Waals surface area contributed by atoms with E-state index in [4.69, 9.17) is 14.2 Å². The van der Waals surface area contributed by atoms with Crippen LogP contribution in [-0.2, 0) is 11.3 Å². The third-order valence-electron chi connectivity index (χ3n) is 7.68. The molecule has 1 fully saturated rings. The largest absolute Gasteiger partial charge is 0.858 e. The van der Waals surface area contributed by atoms with Gasteiger partial charge < -0.3 is 23.8 Å². The van der Waals surface area contributed by atoms with Crippen LogP contribution in [0.25, 0.3) is 17.2 Å². The highest BCUT2D eigenvalue weighted by molar-refractivity contribution is 5.97. The van der Waals surface area contributed by atoms with E-state index < -0.39 is 0 Å². The second-order valence-electron chi connectivity index (χ2n) is 10.8. The summed E-state index contributed by atoms with van der Waals surface area (Å²) in [5.74, 6) is 1.41. The SMILES string of the molecule is CCOc1ccc(-c2ccc3c(c2)C=C(C([O-])=Nc2ccc(C[N+](C)(C)C4CCOCC4)cc2)CCO3)cc1. The van der Waals surface area contributed by atoms with E-state index >= 15 is 0 Å². The fourth-order valence-corrected chi connectivity index (χ4v) is 5.43. The van der Waals surface area contributed by atoms with E-state index in [2.05, 4.69) is 37.3 Å². The average molecular weight is 527 g/mol. The summed E-state index contributed by atoms with van der Waals surface area (Å²) >= 11 is 0. The lowest BCUT2D eigenvalue weighted by atomic mass is 10.0. The van der Waals surface area contributed by atoms with Crippen LogP contribution in [0, 0.1) is 0 Å². The van der Waals surface area contributed by atoms with Crippen molar-refractivity contribution in [2.24, 2.45) is 4.99 Å². The Bertz CT molecular complexity index is 1320. The van der Waals surface area contributed by atoms with Crippen LogP contribution in [0.4, 0.5) is 5.69 Å². The van der Waals surface area contributed by atoms with Crippen molar-refractivity contribution in [1.29, 1.82) is 0 Å². The topological polar surface area (TPSA) is 63.1 Å². The van der Waals surface area contributed by atoms with Crippen molar-refractivity contribution in [2.75, 3.05) is 40.5 Å². The van der Waals surface area contributed by atoms with Gasteiger partial charge in [0.2, 0.25) is 0 Å². The molecular formula is C33H38N2O4. The van der Waals surface area contributed by atoms with E-state index in [1.807, 2.05) is 61.5 Å². The lowest BCUT2D eigenvalue weighted by Gasteiger charge is -2.40. The summed E-state index contributed by atoms with van der Waals surface area (Å²) in [4.78, 5) is 4.43. The van der Waals surface area contributed by atoms with E-state index in [-0.39, 0.29) is 5.90 Å². The summed E-state index contributed by atoms with van der Waals surface area (Å²) < 4.78 is 18.0. The first kappa shape index (κ1) is 27.0. The van der Waals surface area contributed by atoms with Crippen molar-refractivity contribution in [3.63, 3.8) is 0 Å². The van der Waals surface area contributed by atoms with Crippen LogP contribution >= 0.6 is 0 Å². The summed E-state index contributed by atoms with van der Waals surface area (Å²) in [6.45, 7) is 5.69. The van der Waals surface area contributed by atoms with Gasteiger partial charge >= 0.3 is 0 Å². The average Bonchev–Trinajstić information content (AvgIpc) is 3.17. The molecule has 2 heterocycles. The van der Waals surface area contributed by atoms with Gasteiger partial charge in [-0.25, -0.2) is 0 Å². The molecule has 0 saturated carbocycles. The van der Waals surface area contributed by atoms with Gasteiger partial charge in [-0.05, 0) is 72.0 Å². The highest BCUT2D eigenvalue weighted by Crippen LogP contribution is 2.32. The van der Waals surface area contributed by atoms with Gasteiger partial charge in [0.05, 0.1) is 52.3 Å². The highest BCUT2D eigenvalue weighted by atomic mass is 16.5. The number of aliphatic imine (C=N–C) groups is 1. The molecule has 0 spiro atoms. The number of fused-ring (bicyclic) bond motifs is 1. The molecule has 39 heavy (non-hydrogen) atoms. The van der Waals surface area contributed by atoms with E-state index in [0.29, 0.717) is 36.9 Å². The Morgan fingerprint density at radius 3 is 2.38 bits per heavy atom.